The van der Waals surface area contributed by atoms with E-state index in [0.29, 0.717) is 18.8 Å². The maximum absolute atomic E-state index is 12.5. The predicted octanol–water partition coefficient (Wildman–Crippen LogP) is 3.44. The molecule has 1 heterocycles. The normalized spacial score (nSPS) is 14.3. The molecule has 0 unspecified atom stereocenters. The van der Waals surface area contributed by atoms with Gasteiger partial charge in [0.2, 0.25) is 5.91 Å². The van der Waals surface area contributed by atoms with Crippen LogP contribution in [0.2, 0.25) is 0 Å². The number of carbonyl (C=O) groups is 1. The Kier molecular flexibility index (Phi) is 5.89. The fraction of sp³-hybridized carbons (Fsp3) is 0.409. The second kappa shape index (κ2) is 8.33. The van der Waals surface area contributed by atoms with E-state index >= 15 is 0 Å². The van der Waals surface area contributed by atoms with Gasteiger partial charge in [0.1, 0.15) is 11.5 Å². The number of anilines is 1. The third-order valence-corrected chi connectivity index (χ3v) is 5.01. The third-order valence-electron chi connectivity index (χ3n) is 5.01. The van der Waals surface area contributed by atoms with Crippen molar-refractivity contribution in [2.75, 3.05) is 37.7 Å². The van der Waals surface area contributed by atoms with Crippen molar-refractivity contribution in [3.8, 4) is 11.5 Å². The predicted molar refractivity (Wildman–Crippen MR) is 108 cm³/mol. The zero-order valence-electron chi connectivity index (χ0n) is 16.4. The third kappa shape index (κ3) is 4.73. The maximum atomic E-state index is 12.5. The lowest BCUT2D eigenvalue weighted by atomic mass is 10.0. The van der Waals surface area contributed by atoms with E-state index in [1.54, 1.807) is 24.3 Å². The molecule has 0 saturated carbocycles. The van der Waals surface area contributed by atoms with Crippen molar-refractivity contribution in [1.82, 2.24) is 4.90 Å². The van der Waals surface area contributed by atoms with Crippen LogP contribution in [0.15, 0.2) is 36.4 Å². The van der Waals surface area contributed by atoms with Crippen molar-refractivity contribution in [2.24, 2.45) is 0 Å². The lowest BCUT2D eigenvalue weighted by Crippen LogP contribution is -2.49. The van der Waals surface area contributed by atoms with E-state index in [0.717, 1.165) is 26.2 Å². The number of aromatic hydroxyl groups is 1. The number of hydrogen-bond donors (Lipinski definition) is 1. The average Bonchev–Trinajstić information content (AvgIpc) is 2.63. The summed E-state index contributed by atoms with van der Waals surface area (Å²) in [4.78, 5) is 16.8. The van der Waals surface area contributed by atoms with Gasteiger partial charge in [0.15, 0.2) is 0 Å². The summed E-state index contributed by atoms with van der Waals surface area (Å²) in [5, 5.41) is 9.27. The Morgan fingerprint density at radius 3 is 2.19 bits per heavy atom. The van der Waals surface area contributed by atoms with Crippen molar-refractivity contribution in [2.45, 2.75) is 27.2 Å². The van der Waals surface area contributed by atoms with Gasteiger partial charge in [-0.15, -0.1) is 0 Å². The van der Waals surface area contributed by atoms with Gasteiger partial charge in [-0.3, -0.25) is 4.79 Å². The van der Waals surface area contributed by atoms with Crippen LogP contribution in [-0.4, -0.2) is 48.7 Å². The molecule has 1 saturated heterocycles. The SMILES string of the molecule is Cc1cc(C)c(N2CCN(C(=O)CCOc3ccc(O)cc3)CC2)c(C)c1. The molecule has 0 atom stereocenters. The lowest BCUT2D eigenvalue weighted by molar-refractivity contribution is -0.132. The number of carbonyl (C=O) groups excluding carboxylic acids is 1. The number of nitrogens with zero attached hydrogens (tertiary/aromatic N) is 2. The van der Waals surface area contributed by atoms with Gasteiger partial charge in [0.05, 0.1) is 13.0 Å². The van der Waals surface area contributed by atoms with Crippen molar-refractivity contribution >= 4 is 11.6 Å². The number of phenolic OH excluding ortho intramolecular Hbond substituents is 1. The molecule has 1 amide bonds. The molecule has 0 aliphatic carbocycles. The Bertz CT molecular complexity index is 771. The fourth-order valence-electron chi connectivity index (χ4n) is 3.81. The number of rotatable bonds is 5. The molecule has 2 aromatic rings. The van der Waals surface area contributed by atoms with Gasteiger partial charge in [0, 0.05) is 31.9 Å². The molecule has 0 bridgehead atoms. The molecule has 1 N–H and O–H groups in total. The summed E-state index contributed by atoms with van der Waals surface area (Å²) in [5.74, 6) is 0.997. The van der Waals surface area contributed by atoms with Crippen molar-refractivity contribution in [1.29, 1.82) is 0 Å². The van der Waals surface area contributed by atoms with Gasteiger partial charge in [-0.1, -0.05) is 17.7 Å². The molecule has 0 radical (unpaired) electrons. The van der Waals surface area contributed by atoms with Gasteiger partial charge in [-0.2, -0.15) is 0 Å². The maximum Gasteiger partial charge on any atom is 0.226 e. The van der Waals surface area contributed by atoms with Crippen LogP contribution in [0.25, 0.3) is 0 Å². The lowest BCUT2D eigenvalue weighted by Gasteiger charge is -2.37. The van der Waals surface area contributed by atoms with Gasteiger partial charge >= 0.3 is 0 Å². The van der Waals surface area contributed by atoms with Gasteiger partial charge in [-0.25, -0.2) is 0 Å². The standard InChI is InChI=1S/C22H28N2O3/c1-16-14-17(2)22(18(3)15-16)24-11-9-23(10-12-24)21(26)8-13-27-20-6-4-19(25)5-7-20/h4-7,14-15,25H,8-13H2,1-3H3. The van der Waals surface area contributed by atoms with Crippen LogP contribution in [0.5, 0.6) is 11.5 Å². The summed E-state index contributed by atoms with van der Waals surface area (Å²) in [7, 11) is 0. The van der Waals surface area contributed by atoms with Gasteiger partial charge < -0.3 is 19.6 Å². The number of aryl methyl sites for hydroxylation is 3. The highest BCUT2D eigenvalue weighted by Gasteiger charge is 2.23. The van der Waals surface area contributed by atoms with Crippen LogP contribution >= 0.6 is 0 Å². The first kappa shape index (κ1) is 19.1. The smallest absolute Gasteiger partial charge is 0.226 e. The quantitative estimate of drug-likeness (QED) is 0.878. The second-order valence-electron chi connectivity index (χ2n) is 7.21. The highest BCUT2D eigenvalue weighted by Crippen LogP contribution is 2.27. The minimum Gasteiger partial charge on any atom is -0.508 e. The number of phenols is 1. The van der Waals surface area contributed by atoms with Crippen LogP contribution < -0.4 is 9.64 Å². The molecule has 1 aliphatic heterocycles. The first-order chi connectivity index (χ1) is 12.9. The molecule has 0 aromatic heterocycles. The highest BCUT2D eigenvalue weighted by atomic mass is 16.5. The van der Waals surface area contributed by atoms with Crippen molar-refractivity contribution in [3.63, 3.8) is 0 Å². The highest BCUT2D eigenvalue weighted by molar-refractivity contribution is 5.76. The first-order valence-electron chi connectivity index (χ1n) is 9.46. The number of hydrogen-bond acceptors (Lipinski definition) is 4. The first-order valence-corrected chi connectivity index (χ1v) is 9.46. The topological polar surface area (TPSA) is 53.0 Å². The van der Waals surface area contributed by atoms with E-state index < -0.39 is 0 Å². The zero-order valence-corrected chi connectivity index (χ0v) is 16.4. The molecule has 144 valence electrons. The molecule has 1 fully saturated rings. The number of benzene rings is 2. The minimum atomic E-state index is 0.130. The summed E-state index contributed by atoms with van der Waals surface area (Å²) in [6.45, 7) is 9.99. The Labute approximate surface area is 161 Å². The van der Waals surface area contributed by atoms with E-state index in [4.69, 9.17) is 4.74 Å². The van der Waals surface area contributed by atoms with E-state index in [1.807, 2.05) is 4.90 Å². The average molecular weight is 368 g/mol. The molecule has 3 rings (SSSR count). The van der Waals surface area contributed by atoms with Crippen LogP contribution in [0.1, 0.15) is 23.1 Å². The molecule has 1 aliphatic rings. The Morgan fingerprint density at radius 1 is 1.00 bits per heavy atom. The van der Waals surface area contributed by atoms with E-state index in [2.05, 4.69) is 37.8 Å². The number of ether oxygens (including phenoxy) is 1. The number of piperazine rings is 1. The molecule has 27 heavy (non-hydrogen) atoms. The van der Waals surface area contributed by atoms with E-state index in [-0.39, 0.29) is 11.7 Å². The van der Waals surface area contributed by atoms with Crippen LogP contribution in [0.4, 0.5) is 5.69 Å². The molecular weight excluding hydrogens is 340 g/mol. The molecular formula is C22H28N2O3. The summed E-state index contributed by atoms with van der Waals surface area (Å²) < 4.78 is 5.59. The molecule has 5 heteroatoms. The molecule has 2 aromatic carbocycles. The van der Waals surface area contributed by atoms with Crippen LogP contribution in [-0.2, 0) is 4.79 Å². The summed E-state index contributed by atoms with van der Waals surface area (Å²) in [6, 6.07) is 11.0. The Morgan fingerprint density at radius 2 is 1.59 bits per heavy atom. The number of amides is 1. The summed E-state index contributed by atoms with van der Waals surface area (Å²) in [6.07, 6.45) is 0.365. The summed E-state index contributed by atoms with van der Waals surface area (Å²) >= 11 is 0. The fourth-order valence-corrected chi connectivity index (χ4v) is 3.81. The Hall–Kier alpha value is -2.69. The molecule has 0 spiro atoms. The largest absolute Gasteiger partial charge is 0.508 e. The van der Waals surface area contributed by atoms with E-state index in [9.17, 15) is 9.90 Å². The second-order valence-corrected chi connectivity index (χ2v) is 7.21. The zero-order chi connectivity index (χ0) is 19.4. The minimum absolute atomic E-state index is 0.130. The molecule has 5 nitrogen and oxygen atoms in total. The Balaban J connectivity index is 1.48. The van der Waals surface area contributed by atoms with Crippen molar-refractivity contribution < 1.29 is 14.6 Å². The monoisotopic (exact) mass is 368 g/mol. The van der Waals surface area contributed by atoms with E-state index in [1.165, 1.54) is 22.4 Å². The van der Waals surface area contributed by atoms with Crippen molar-refractivity contribution in [3.05, 3.63) is 53.1 Å². The van der Waals surface area contributed by atoms with Gasteiger partial charge in [0.25, 0.3) is 0 Å². The van der Waals surface area contributed by atoms with Gasteiger partial charge in [-0.05, 0) is 56.2 Å². The van der Waals surface area contributed by atoms with Crippen LogP contribution in [0.3, 0.4) is 0 Å². The summed E-state index contributed by atoms with van der Waals surface area (Å²) in [5.41, 5.74) is 5.20. The van der Waals surface area contributed by atoms with Crippen LogP contribution in [0, 0.1) is 20.8 Å².